The van der Waals surface area contributed by atoms with E-state index in [0.717, 1.165) is 11.4 Å². The third-order valence-electron chi connectivity index (χ3n) is 2.60. The number of hydrogen-bond acceptors (Lipinski definition) is 4. The van der Waals surface area contributed by atoms with Crippen molar-refractivity contribution in [2.75, 3.05) is 6.61 Å². The molecular formula is C10H15NO2S. The molecule has 0 bridgehead atoms. The Kier molecular flexibility index (Phi) is 2.85. The molecule has 4 heteroatoms. The number of nitrogens with zero attached hydrogens (tertiary/aromatic N) is 1. The quantitative estimate of drug-likeness (QED) is 0.811. The first-order valence-electron chi connectivity index (χ1n) is 4.90. The van der Waals surface area contributed by atoms with Gasteiger partial charge in [0.1, 0.15) is 0 Å². The Balaban J connectivity index is 2.01. The molecule has 1 fully saturated rings. The lowest BCUT2D eigenvalue weighted by atomic mass is 9.88. The second-order valence-corrected chi connectivity index (χ2v) is 4.94. The van der Waals surface area contributed by atoms with Crippen molar-refractivity contribution in [1.29, 1.82) is 0 Å². The summed E-state index contributed by atoms with van der Waals surface area (Å²) in [7, 11) is 0. The summed E-state index contributed by atoms with van der Waals surface area (Å²) in [6.07, 6.45) is 4.04. The number of aromatic nitrogens is 1. The van der Waals surface area contributed by atoms with Gasteiger partial charge >= 0.3 is 0 Å². The summed E-state index contributed by atoms with van der Waals surface area (Å²) in [5.41, 5.74) is -0.602. The molecule has 14 heavy (non-hydrogen) atoms. The molecule has 0 radical (unpaired) electrons. The fraction of sp³-hybridized carbons (Fsp3) is 0.700. The van der Waals surface area contributed by atoms with Gasteiger partial charge in [-0.2, -0.15) is 0 Å². The lowest BCUT2D eigenvalue weighted by Gasteiger charge is -2.35. The van der Waals surface area contributed by atoms with Crippen LogP contribution in [0.4, 0.5) is 0 Å². The molecule has 1 N–H and O–H groups in total. The van der Waals surface area contributed by atoms with E-state index in [9.17, 15) is 5.11 Å². The largest absolute Gasteiger partial charge is 0.389 e. The van der Waals surface area contributed by atoms with Crippen molar-refractivity contribution in [1.82, 2.24) is 4.98 Å². The Bertz CT molecular complexity index is 288. The van der Waals surface area contributed by atoms with E-state index in [4.69, 9.17) is 4.74 Å². The summed E-state index contributed by atoms with van der Waals surface area (Å²) in [5, 5.41) is 13.3. The van der Waals surface area contributed by atoms with Gasteiger partial charge in [0.05, 0.1) is 16.7 Å². The van der Waals surface area contributed by atoms with Gasteiger partial charge in [0.15, 0.2) is 0 Å². The van der Waals surface area contributed by atoms with Gasteiger partial charge in [-0.05, 0) is 6.92 Å². The summed E-state index contributed by atoms with van der Waals surface area (Å²) in [6, 6.07) is 0. The molecule has 0 aromatic carbocycles. The van der Waals surface area contributed by atoms with Crippen molar-refractivity contribution in [3.63, 3.8) is 0 Å². The molecule has 1 aromatic rings. The summed E-state index contributed by atoms with van der Waals surface area (Å²) in [4.78, 5) is 4.20. The van der Waals surface area contributed by atoms with E-state index in [1.54, 1.807) is 17.5 Å². The van der Waals surface area contributed by atoms with Gasteiger partial charge in [-0.15, -0.1) is 11.3 Å². The van der Waals surface area contributed by atoms with Crippen molar-refractivity contribution in [2.24, 2.45) is 0 Å². The van der Waals surface area contributed by atoms with Crippen molar-refractivity contribution in [2.45, 2.75) is 37.9 Å². The molecule has 3 nitrogen and oxygen atoms in total. The first-order valence-corrected chi connectivity index (χ1v) is 5.78. The van der Waals surface area contributed by atoms with Gasteiger partial charge < -0.3 is 9.84 Å². The minimum atomic E-state index is -0.602. The molecule has 1 aliphatic rings. The molecule has 2 heterocycles. The minimum Gasteiger partial charge on any atom is -0.389 e. The second-order valence-electron chi connectivity index (χ2n) is 3.96. The molecule has 1 aliphatic heterocycles. The van der Waals surface area contributed by atoms with Crippen LogP contribution in [-0.4, -0.2) is 28.4 Å². The fourth-order valence-corrected chi connectivity index (χ4v) is 2.68. The summed E-state index contributed by atoms with van der Waals surface area (Å²) in [6.45, 7) is 2.66. The summed E-state index contributed by atoms with van der Waals surface area (Å²) < 4.78 is 5.42. The molecule has 2 atom stereocenters. The average molecular weight is 213 g/mol. The molecular weight excluding hydrogens is 198 g/mol. The number of rotatable bonds is 2. The lowest BCUT2D eigenvalue weighted by molar-refractivity contribution is -0.0961. The van der Waals surface area contributed by atoms with Crippen LogP contribution in [0.2, 0.25) is 0 Å². The standard InChI is InChI=1S/C10H15NO2S/c1-8-6-10(12,2-4-13-8)7-9-11-3-5-14-9/h3,5,8,12H,2,4,6-7H2,1H3. The highest BCUT2D eigenvalue weighted by Gasteiger charge is 2.34. The van der Waals surface area contributed by atoms with Gasteiger partial charge in [-0.25, -0.2) is 4.98 Å². The molecule has 0 amide bonds. The van der Waals surface area contributed by atoms with Gasteiger partial charge in [0, 0.05) is 37.4 Å². The van der Waals surface area contributed by atoms with Crippen LogP contribution in [0.15, 0.2) is 11.6 Å². The SMILES string of the molecule is CC1CC(O)(Cc2nccs2)CCO1. The maximum atomic E-state index is 10.3. The minimum absolute atomic E-state index is 0.161. The van der Waals surface area contributed by atoms with Crippen LogP contribution in [0.5, 0.6) is 0 Å². The third kappa shape index (κ3) is 2.32. The van der Waals surface area contributed by atoms with Crippen LogP contribution in [0, 0.1) is 0 Å². The van der Waals surface area contributed by atoms with E-state index in [-0.39, 0.29) is 6.10 Å². The van der Waals surface area contributed by atoms with Gasteiger partial charge in [-0.3, -0.25) is 0 Å². The molecule has 2 unspecified atom stereocenters. The Labute approximate surface area is 87.7 Å². The molecule has 0 aliphatic carbocycles. The zero-order valence-corrected chi connectivity index (χ0v) is 9.09. The first-order chi connectivity index (χ1) is 6.68. The van der Waals surface area contributed by atoms with Crippen molar-refractivity contribution in [3.8, 4) is 0 Å². The van der Waals surface area contributed by atoms with Crippen LogP contribution < -0.4 is 0 Å². The fourth-order valence-electron chi connectivity index (χ4n) is 1.93. The molecule has 78 valence electrons. The maximum Gasteiger partial charge on any atom is 0.0953 e. The Hall–Kier alpha value is -0.450. The van der Waals surface area contributed by atoms with E-state index >= 15 is 0 Å². The monoisotopic (exact) mass is 213 g/mol. The Morgan fingerprint density at radius 3 is 3.29 bits per heavy atom. The zero-order chi connectivity index (χ0) is 10.0. The number of thiazole rings is 1. The van der Waals surface area contributed by atoms with E-state index in [1.165, 1.54) is 0 Å². The molecule has 0 spiro atoms. The molecule has 1 saturated heterocycles. The van der Waals surface area contributed by atoms with Crippen LogP contribution in [-0.2, 0) is 11.2 Å². The van der Waals surface area contributed by atoms with E-state index in [2.05, 4.69) is 4.98 Å². The van der Waals surface area contributed by atoms with Gasteiger partial charge in [0.2, 0.25) is 0 Å². The Morgan fingerprint density at radius 2 is 2.64 bits per heavy atom. The maximum absolute atomic E-state index is 10.3. The van der Waals surface area contributed by atoms with Crippen molar-refractivity contribution < 1.29 is 9.84 Å². The van der Waals surface area contributed by atoms with E-state index in [1.807, 2.05) is 12.3 Å². The average Bonchev–Trinajstić information content (AvgIpc) is 2.55. The third-order valence-corrected chi connectivity index (χ3v) is 3.38. The first kappa shape index (κ1) is 10.1. The van der Waals surface area contributed by atoms with Crippen molar-refractivity contribution in [3.05, 3.63) is 16.6 Å². The van der Waals surface area contributed by atoms with Crippen LogP contribution in [0.25, 0.3) is 0 Å². The lowest BCUT2D eigenvalue weighted by Crippen LogP contribution is -2.41. The number of ether oxygens (including phenoxy) is 1. The van der Waals surface area contributed by atoms with Crippen molar-refractivity contribution >= 4 is 11.3 Å². The second kappa shape index (κ2) is 3.96. The molecule has 1 aromatic heterocycles. The highest BCUT2D eigenvalue weighted by atomic mass is 32.1. The van der Waals surface area contributed by atoms with Crippen LogP contribution in [0.1, 0.15) is 24.8 Å². The summed E-state index contributed by atoms with van der Waals surface area (Å²) >= 11 is 1.60. The molecule has 2 rings (SSSR count). The predicted octanol–water partition coefficient (Wildman–Crippen LogP) is 1.62. The van der Waals surface area contributed by atoms with Gasteiger partial charge in [-0.1, -0.05) is 0 Å². The number of aliphatic hydroxyl groups is 1. The number of hydrogen-bond donors (Lipinski definition) is 1. The Morgan fingerprint density at radius 1 is 1.79 bits per heavy atom. The van der Waals surface area contributed by atoms with Crippen LogP contribution in [0.3, 0.4) is 0 Å². The smallest absolute Gasteiger partial charge is 0.0953 e. The van der Waals surface area contributed by atoms with Gasteiger partial charge in [0.25, 0.3) is 0 Å². The predicted molar refractivity (Wildman–Crippen MR) is 55.4 cm³/mol. The summed E-state index contributed by atoms with van der Waals surface area (Å²) in [5.74, 6) is 0. The van der Waals surface area contributed by atoms with Crippen LogP contribution >= 0.6 is 11.3 Å². The topological polar surface area (TPSA) is 42.4 Å². The highest BCUT2D eigenvalue weighted by molar-refractivity contribution is 7.09. The zero-order valence-electron chi connectivity index (χ0n) is 8.27. The highest BCUT2D eigenvalue weighted by Crippen LogP contribution is 2.28. The van der Waals surface area contributed by atoms with E-state index < -0.39 is 5.60 Å². The van der Waals surface area contributed by atoms with E-state index in [0.29, 0.717) is 19.4 Å². The molecule has 0 saturated carbocycles. The normalized spacial score (nSPS) is 33.1.